The molecule has 0 amide bonds. The lowest BCUT2D eigenvalue weighted by Gasteiger charge is -2.23. The van der Waals surface area contributed by atoms with Crippen LogP contribution in [0.4, 0.5) is 0 Å². The number of aromatic hydroxyl groups is 1. The van der Waals surface area contributed by atoms with Crippen molar-refractivity contribution in [3.63, 3.8) is 0 Å². The molecule has 4 nitrogen and oxygen atoms in total. The van der Waals surface area contributed by atoms with E-state index in [0.717, 1.165) is 12.0 Å². The maximum absolute atomic E-state index is 9.41. The van der Waals surface area contributed by atoms with E-state index in [-0.39, 0.29) is 17.4 Å². The van der Waals surface area contributed by atoms with Gasteiger partial charge in [-0.2, -0.15) is 5.26 Å². The minimum absolute atomic E-state index is 0.0552. The molecule has 0 saturated carbocycles. The van der Waals surface area contributed by atoms with Gasteiger partial charge in [0.05, 0.1) is 12.2 Å². The summed E-state index contributed by atoms with van der Waals surface area (Å²) in [5.74, 6) is 0.528. The molecule has 2 rings (SSSR count). The van der Waals surface area contributed by atoms with E-state index >= 15 is 0 Å². The van der Waals surface area contributed by atoms with Crippen LogP contribution in [0, 0.1) is 11.3 Å². The van der Waals surface area contributed by atoms with Crippen molar-refractivity contribution in [1.29, 1.82) is 5.26 Å². The molecule has 0 saturated heterocycles. The summed E-state index contributed by atoms with van der Waals surface area (Å²) in [6.45, 7) is 0.555. The van der Waals surface area contributed by atoms with Crippen molar-refractivity contribution in [3.05, 3.63) is 23.3 Å². The van der Waals surface area contributed by atoms with Gasteiger partial charge in [0.1, 0.15) is 17.6 Å². The zero-order valence-corrected chi connectivity index (χ0v) is 7.53. The maximum atomic E-state index is 9.41. The average Bonchev–Trinajstić information content (AvgIpc) is 2.17. The Bertz CT molecular complexity index is 409. The fourth-order valence-corrected chi connectivity index (χ4v) is 1.54. The van der Waals surface area contributed by atoms with Gasteiger partial charge in [-0.15, -0.1) is 0 Å². The Morgan fingerprint density at radius 2 is 2.36 bits per heavy atom. The number of ether oxygens (including phenoxy) is 1. The first-order valence-electron chi connectivity index (χ1n) is 4.37. The Balaban J connectivity index is 2.56. The maximum Gasteiger partial charge on any atom is 0.137 e. The number of phenols is 1. The van der Waals surface area contributed by atoms with Gasteiger partial charge in [-0.05, 0) is 6.07 Å². The van der Waals surface area contributed by atoms with Crippen molar-refractivity contribution in [2.75, 3.05) is 6.61 Å². The smallest absolute Gasteiger partial charge is 0.137 e. The molecule has 0 aliphatic carbocycles. The Morgan fingerprint density at radius 1 is 1.57 bits per heavy atom. The number of rotatable bonds is 0. The predicted molar refractivity (Wildman–Crippen MR) is 49.9 cm³/mol. The largest absolute Gasteiger partial charge is 0.506 e. The van der Waals surface area contributed by atoms with Crippen LogP contribution in [0.25, 0.3) is 0 Å². The molecule has 0 spiro atoms. The molecule has 0 bridgehead atoms. The molecule has 1 aliphatic heterocycles. The quantitative estimate of drug-likeness (QED) is 0.640. The van der Waals surface area contributed by atoms with Crippen LogP contribution in [-0.4, -0.2) is 11.7 Å². The number of nitrogens with zero attached hydrogens (tertiary/aromatic N) is 1. The number of fused-ring (bicyclic) bond motifs is 1. The molecule has 1 heterocycles. The van der Waals surface area contributed by atoms with Gasteiger partial charge in [-0.25, -0.2) is 0 Å². The lowest BCUT2D eigenvalue weighted by molar-refractivity contribution is 0.267. The van der Waals surface area contributed by atoms with E-state index in [1.54, 1.807) is 6.07 Å². The second kappa shape index (κ2) is 3.20. The number of nitriles is 1. The number of benzene rings is 1. The number of nitrogens with two attached hydrogens (primary N) is 1. The van der Waals surface area contributed by atoms with Crippen molar-refractivity contribution in [2.24, 2.45) is 5.73 Å². The molecule has 1 aromatic carbocycles. The SMILES string of the molecule is N#Cc1cc2c(cc1O)OCC[C@@H]2N. The van der Waals surface area contributed by atoms with Crippen LogP contribution in [0.5, 0.6) is 11.5 Å². The second-order valence-electron chi connectivity index (χ2n) is 3.26. The third-order valence-electron chi connectivity index (χ3n) is 2.33. The fraction of sp³-hybridized carbons (Fsp3) is 0.300. The molecule has 0 radical (unpaired) electrons. The highest BCUT2D eigenvalue weighted by Crippen LogP contribution is 2.35. The fourth-order valence-electron chi connectivity index (χ4n) is 1.54. The topological polar surface area (TPSA) is 79.3 Å². The lowest BCUT2D eigenvalue weighted by Crippen LogP contribution is -2.20. The molecule has 1 atom stereocenters. The van der Waals surface area contributed by atoms with Crippen LogP contribution in [0.2, 0.25) is 0 Å². The molecule has 1 aliphatic rings. The van der Waals surface area contributed by atoms with E-state index in [1.807, 2.05) is 6.07 Å². The summed E-state index contributed by atoms with van der Waals surface area (Å²) >= 11 is 0. The Hall–Kier alpha value is -1.73. The lowest BCUT2D eigenvalue weighted by atomic mass is 9.99. The van der Waals surface area contributed by atoms with E-state index in [9.17, 15) is 5.11 Å². The summed E-state index contributed by atoms with van der Waals surface area (Å²) in [6.07, 6.45) is 0.739. The molecular weight excluding hydrogens is 180 g/mol. The number of phenolic OH excluding ortho intramolecular Hbond substituents is 1. The van der Waals surface area contributed by atoms with Crippen molar-refractivity contribution in [3.8, 4) is 17.6 Å². The number of hydrogen-bond donors (Lipinski definition) is 2. The molecule has 4 heteroatoms. The van der Waals surface area contributed by atoms with Crippen LogP contribution in [0.3, 0.4) is 0 Å². The van der Waals surface area contributed by atoms with Gasteiger partial charge in [0.2, 0.25) is 0 Å². The molecule has 1 aromatic rings. The molecule has 14 heavy (non-hydrogen) atoms. The Labute approximate surface area is 81.5 Å². The standard InChI is InChI=1S/C10H10N2O2/c11-5-6-3-7-8(12)1-2-14-10(7)4-9(6)13/h3-4,8,13H,1-2,12H2/t8-/m0/s1. The third kappa shape index (κ3) is 1.28. The van der Waals surface area contributed by atoms with E-state index in [0.29, 0.717) is 12.4 Å². The van der Waals surface area contributed by atoms with Gasteiger partial charge in [-0.1, -0.05) is 0 Å². The van der Waals surface area contributed by atoms with E-state index in [1.165, 1.54) is 6.07 Å². The molecule has 3 N–H and O–H groups in total. The van der Waals surface area contributed by atoms with Crippen LogP contribution < -0.4 is 10.5 Å². The highest BCUT2D eigenvalue weighted by Gasteiger charge is 2.20. The summed E-state index contributed by atoms with van der Waals surface area (Å²) in [7, 11) is 0. The molecule has 0 fully saturated rings. The van der Waals surface area contributed by atoms with Gasteiger partial charge in [-0.3, -0.25) is 0 Å². The van der Waals surface area contributed by atoms with Crippen LogP contribution in [0.1, 0.15) is 23.6 Å². The van der Waals surface area contributed by atoms with Crippen LogP contribution in [0.15, 0.2) is 12.1 Å². The minimum Gasteiger partial charge on any atom is -0.506 e. The molecular formula is C10H10N2O2. The average molecular weight is 190 g/mol. The van der Waals surface area contributed by atoms with Crippen molar-refractivity contribution in [1.82, 2.24) is 0 Å². The van der Waals surface area contributed by atoms with Crippen molar-refractivity contribution >= 4 is 0 Å². The number of hydrogen-bond acceptors (Lipinski definition) is 4. The second-order valence-corrected chi connectivity index (χ2v) is 3.26. The molecule has 0 unspecified atom stereocenters. The van der Waals surface area contributed by atoms with Gasteiger partial charge < -0.3 is 15.6 Å². The van der Waals surface area contributed by atoms with Gasteiger partial charge >= 0.3 is 0 Å². The van der Waals surface area contributed by atoms with E-state index in [4.69, 9.17) is 15.7 Å². The first-order valence-corrected chi connectivity index (χ1v) is 4.37. The Kier molecular flexibility index (Phi) is 2.02. The van der Waals surface area contributed by atoms with Gasteiger partial charge in [0.25, 0.3) is 0 Å². The summed E-state index contributed by atoms with van der Waals surface area (Å²) < 4.78 is 5.32. The summed E-state index contributed by atoms with van der Waals surface area (Å²) in [4.78, 5) is 0. The molecule has 0 aromatic heterocycles. The summed E-state index contributed by atoms with van der Waals surface area (Å²) in [6, 6.07) is 4.84. The van der Waals surface area contributed by atoms with Crippen LogP contribution in [-0.2, 0) is 0 Å². The Morgan fingerprint density at radius 3 is 3.07 bits per heavy atom. The first-order chi connectivity index (χ1) is 6.72. The minimum atomic E-state index is -0.105. The van der Waals surface area contributed by atoms with Crippen LogP contribution >= 0.6 is 0 Å². The predicted octanol–water partition coefficient (Wildman–Crippen LogP) is 1.05. The third-order valence-corrected chi connectivity index (χ3v) is 2.33. The van der Waals surface area contributed by atoms with Gasteiger partial charge in [0, 0.05) is 24.1 Å². The highest BCUT2D eigenvalue weighted by molar-refractivity contribution is 5.52. The normalized spacial score (nSPS) is 19.3. The van der Waals surface area contributed by atoms with E-state index in [2.05, 4.69) is 0 Å². The first kappa shape index (κ1) is 8.85. The zero-order valence-electron chi connectivity index (χ0n) is 7.53. The summed E-state index contributed by atoms with van der Waals surface area (Å²) in [5.41, 5.74) is 6.89. The van der Waals surface area contributed by atoms with Gasteiger partial charge in [0.15, 0.2) is 0 Å². The van der Waals surface area contributed by atoms with E-state index < -0.39 is 0 Å². The molecule has 72 valence electrons. The summed E-state index contributed by atoms with van der Waals surface area (Å²) in [5, 5.41) is 18.1. The zero-order chi connectivity index (χ0) is 10.1. The monoisotopic (exact) mass is 190 g/mol. The van der Waals surface area contributed by atoms with Crippen molar-refractivity contribution < 1.29 is 9.84 Å². The highest BCUT2D eigenvalue weighted by atomic mass is 16.5. The van der Waals surface area contributed by atoms with Crippen molar-refractivity contribution in [2.45, 2.75) is 12.5 Å².